The summed E-state index contributed by atoms with van der Waals surface area (Å²) in [6.07, 6.45) is 4.69. The first-order chi connectivity index (χ1) is 11.2. The Labute approximate surface area is 135 Å². The van der Waals surface area contributed by atoms with Crippen LogP contribution in [0.2, 0.25) is 0 Å². The molecule has 1 aromatic carbocycles. The van der Waals surface area contributed by atoms with Crippen LogP contribution in [0.1, 0.15) is 11.1 Å². The molecule has 4 nitrogen and oxygen atoms in total. The van der Waals surface area contributed by atoms with Crippen LogP contribution in [-0.2, 0) is 16.6 Å². The van der Waals surface area contributed by atoms with E-state index >= 15 is 0 Å². The Morgan fingerprint density at radius 3 is 3.09 bits per heavy atom. The summed E-state index contributed by atoms with van der Waals surface area (Å²) in [5, 5.41) is 0. The Balaban J connectivity index is 1.72. The lowest BCUT2D eigenvalue weighted by Crippen LogP contribution is -2.59. The van der Waals surface area contributed by atoms with Gasteiger partial charge in [-0.15, -0.1) is 0 Å². The van der Waals surface area contributed by atoms with Crippen molar-refractivity contribution in [3.63, 3.8) is 0 Å². The molecule has 1 aromatic rings. The Hall–Kier alpha value is -1.81. The van der Waals surface area contributed by atoms with Crippen LogP contribution < -0.4 is 9.47 Å². The van der Waals surface area contributed by atoms with E-state index < -0.39 is 0 Å². The van der Waals surface area contributed by atoms with E-state index in [9.17, 15) is 4.79 Å². The fraction of sp³-hybridized carbons (Fsp3) is 0.526. The third kappa shape index (κ3) is 1.09. The Bertz CT molecular complexity index is 800. The number of methoxy groups -OCH3 is 1. The molecule has 0 aromatic heterocycles. The van der Waals surface area contributed by atoms with Crippen LogP contribution in [-0.4, -0.2) is 43.5 Å². The van der Waals surface area contributed by atoms with Crippen molar-refractivity contribution in [1.29, 1.82) is 0 Å². The van der Waals surface area contributed by atoms with Crippen molar-refractivity contribution in [2.24, 2.45) is 17.8 Å². The highest BCUT2D eigenvalue weighted by atomic mass is 16.5. The molecule has 1 saturated heterocycles. The number of carbonyl (C=O) groups excluding carboxylic acids is 1. The zero-order valence-electron chi connectivity index (χ0n) is 13.3. The maximum Gasteiger partial charge on any atom is 0.196 e. The summed E-state index contributed by atoms with van der Waals surface area (Å²) >= 11 is 0. The van der Waals surface area contributed by atoms with E-state index in [1.54, 1.807) is 13.2 Å². The van der Waals surface area contributed by atoms with E-state index in [2.05, 4.69) is 24.1 Å². The molecular formula is C19H19NO3. The molecule has 0 N–H and O–H groups in total. The summed E-state index contributed by atoms with van der Waals surface area (Å²) in [6, 6.07) is 4.73. The smallest absolute Gasteiger partial charge is 0.196 e. The molecule has 1 spiro atoms. The number of fused-ring (bicyclic) bond motifs is 1. The fourth-order valence-corrected chi connectivity index (χ4v) is 6.67. The second kappa shape index (κ2) is 3.64. The molecule has 0 radical (unpaired) electrons. The molecular weight excluding hydrogens is 290 g/mol. The number of carbonyl (C=O) groups is 1. The third-order valence-electron chi connectivity index (χ3n) is 7.19. The molecule has 5 aliphatic rings. The minimum Gasteiger partial charge on any atom is -0.493 e. The first kappa shape index (κ1) is 12.6. The van der Waals surface area contributed by atoms with Crippen LogP contribution in [0.5, 0.6) is 11.5 Å². The van der Waals surface area contributed by atoms with Gasteiger partial charge in [0.25, 0.3) is 0 Å². The number of likely N-dealkylation sites (tertiary alicyclic amines) is 1. The quantitative estimate of drug-likeness (QED) is 0.789. The Kier molecular flexibility index (Phi) is 1.99. The minimum atomic E-state index is -0.353. The number of hydrogen-bond donors (Lipinski definition) is 0. The monoisotopic (exact) mass is 309 g/mol. The topological polar surface area (TPSA) is 38.8 Å². The Morgan fingerprint density at radius 1 is 1.39 bits per heavy atom. The lowest BCUT2D eigenvalue weighted by atomic mass is 9.57. The lowest BCUT2D eigenvalue weighted by molar-refractivity contribution is -0.126. The molecule has 2 aliphatic heterocycles. The van der Waals surface area contributed by atoms with Gasteiger partial charge in [0.1, 0.15) is 0 Å². The van der Waals surface area contributed by atoms with Crippen molar-refractivity contribution in [2.75, 3.05) is 20.7 Å². The number of nitrogens with zero attached hydrogens (tertiary/aromatic N) is 1. The second-order valence-electron chi connectivity index (χ2n) is 7.75. The maximum atomic E-state index is 12.7. The van der Waals surface area contributed by atoms with Crippen LogP contribution >= 0.6 is 0 Å². The molecule has 6 atom stereocenters. The molecule has 2 unspecified atom stereocenters. The van der Waals surface area contributed by atoms with E-state index in [1.807, 2.05) is 6.07 Å². The highest BCUT2D eigenvalue weighted by Crippen LogP contribution is 2.70. The minimum absolute atomic E-state index is 0.126. The fourth-order valence-electron chi connectivity index (χ4n) is 6.67. The zero-order valence-corrected chi connectivity index (χ0v) is 13.3. The number of hydrogen-bond acceptors (Lipinski definition) is 4. The summed E-state index contributed by atoms with van der Waals surface area (Å²) in [5.74, 6) is 3.27. The van der Waals surface area contributed by atoms with Gasteiger partial charge in [-0.3, -0.25) is 4.79 Å². The average molecular weight is 309 g/mol. The standard InChI is InChI=1S/C19H19NO3/c1-20-8-12-10-7-9-3-6-14(22-2)17-15(9)19(12)11(16(10)20)4-5-13(21)18(19)23-17/h3-6,10-12,16,18H,7-8H2,1-2H3/t10?,11-,12?,16+,18-,19+/m0/s1. The number of rotatable bonds is 1. The predicted molar refractivity (Wildman–Crippen MR) is 83.8 cm³/mol. The zero-order chi connectivity index (χ0) is 15.5. The summed E-state index contributed by atoms with van der Waals surface area (Å²) in [7, 11) is 3.91. The normalized spacial score (nSPS) is 44.4. The van der Waals surface area contributed by atoms with Crippen molar-refractivity contribution in [3.8, 4) is 11.5 Å². The third-order valence-corrected chi connectivity index (χ3v) is 7.19. The van der Waals surface area contributed by atoms with E-state index in [4.69, 9.17) is 9.47 Å². The molecule has 4 heteroatoms. The van der Waals surface area contributed by atoms with Gasteiger partial charge in [-0.2, -0.15) is 0 Å². The molecule has 4 bridgehead atoms. The number of ketones is 1. The molecule has 23 heavy (non-hydrogen) atoms. The van der Waals surface area contributed by atoms with Crippen LogP contribution in [0.3, 0.4) is 0 Å². The number of piperidine rings is 1. The molecule has 118 valence electrons. The average Bonchev–Trinajstić information content (AvgIpc) is 3.12. The molecule has 0 amide bonds. The van der Waals surface area contributed by atoms with Gasteiger partial charge >= 0.3 is 0 Å². The van der Waals surface area contributed by atoms with Gasteiger partial charge in [-0.25, -0.2) is 0 Å². The van der Waals surface area contributed by atoms with Crippen molar-refractivity contribution in [3.05, 3.63) is 35.4 Å². The SMILES string of the molecule is COc1ccc2c3c1O[C@H]1C(=O)C=C[C@H]4[C@H]5C(C2)C(CN5C)[C@]314. The van der Waals surface area contributed by atoms with E-state index in [1.165, 1.54) is 11.1 Å². The maximum absolute atomic E-state index is 12.7. The number of ether oxygens (including phenoxy) is 2. The molecule has 2 heterocycles. The van der Waals surface area contributed by atoms with Crippen LogP contribution in [0, 0.1) is 17.8 Å². The van der Waals surface area contributed by atoms with Gasteiger partial charge in [0, 0.05) is 24.1 Å². The van der Waals surface area contributed by atoms with Gasteiger partial charge < -0.3 is 14.4 Å². The highest BCUT2D eigenvalue weighted by Gasteiger charge is 2.75. The summed E-state index contributed by atoms with van der Waals surface area (Å²) in [4.78, 5) is 15.2. The van der Waals surface area contributed by atoms with Crippen molar-refractivity contribution >= 4 is 5.78 Å². The van der Waals surface area contributed by atoms with Gasteiger partial charge in [0.2, 0.25) is 0 Å². The summed E-state index contributed by atoms with van der Waals surface area (Å²) in [5.41, 5.74) is 2.52. The van der Waals surface area contributed by atoms with Crippen LogP contribution in [0.4, 0.5) is 0 Å². The Morgan fingerprint density at radius 2 is 2.26 bits per heavy atom. The summed E-state index contributed by atoms with van der Waals surface area (Å²) < 4.78 is 11.9. The van der Waals surface area contributed by atoms with E-state index in [0.29, 0.717) is 23.8 Å². The van der Waals surface area contributed by atoms with Crippen LogP contribution in [0.15, 0.2) is 24.3 Å². The lowest BCUT2D eigenvalue weighted by Gasteiger charge is -2.47. The van der Waals surface area contributed by atoms with Crippen molar-refractivity contribution in [1.82, 2.24) is 4.90 Å². The van der Waals surface area contributed by atoms with Gasteiger partial charge in [0.05, 0.1) is 12.5 Å². The van der Waals surface area contributed by atoms with Gasteiger partial charge in [-0.1, -0.05) is 12.1 Å². The van der Waals surface area contributed by atoms with E-state index in [-0.39, 0.29) is 17.3 Å². The van der Waals surface area contributed by atoms with E-state index in [0.717, 1.165) is 24.5 Å². The molecule has 6 rings (SSSR count). The molecule has 2 fully saturated rings. The second-order valence-corrected chi connectivity index (χ2v) is 7.75. The van der Waals surface area contributed by atoms with Crippen LogP contribution in [0.25, 0.3) is 0 Å². The highest BCUT2D eigenvalue weighted by molar-refractivity contribution is 5.98. The first-order valence-corrected chi connectivity index (χ1v) is 8.47. The molecule has 3 aliphatic carbocycles. The van der Waals surface area contributed by atoms with Gasteiger partial charge in [0.15, 0.2) is 23.4 Å². The molecule has 1 saturated carbocycles. The van der Waals surface area contributed by atoms with Crippen molar-refractivity contribution < 1.29 is 14.3 Å². The van der Waals surface area contributed by atoms with Gasteiger partial charge in [-0.05, 0) is 43.0 Å². The largest absolute Gasteiger partial charge is 0.493 e. The predicted octanol–water partition coefficient (Wildman–Crippen LogP) is 1.57. The number of benzene rings is 1. The van der Waals surface area contributed by atoms with Crippen molar-refractivity contribution in [2.45, 2.75) is 24.0 Å². The first-order valence-electron chi connectivity index (χ1n) is 8.47. The summed E-state index contributed by atoms with van der Waals surface area (Å²) in [6.45, 7) is 1.07.